The molecule has 2 rings (SSSR count). The van der Waals surface area contributed by atoms with Crippen molar-refractivity contribution < 1.29 is 28.6 Å². The summed E-state index contributed by atoms with van der Waals surface area (Å²) in [4.78, 5) is 34.8. The number of anilines is 1. The molecule has 1 amide bonds. The summed E-state index contributed by atoms with van der Waals surface area (Å²) in [7, 11) is 2.71. The maximum atomic E-state index is 12.0. The normalized spacial score (nSPS) is 9.96. The van der Waals surface area contributed by atoms with Gasteiger partial charge >= 0.3 is 5.97 Å². The number of carbonyl (C=O) groups is 3. The average Bonchev–Trinajstić information content (AvgIpc) is 2.66. The fourth-order valence-electron chi connectivity index (χ4n) is 2.16. The van der Waals surface area contributed by atoms with E-state index >= 15 is 0 Å². The van der Waals surface area contributed by atoms with E-state index in [1.54, 1.807) is 24.3 Å². The number of carbonyl (C=O) groups excluding carboxylic acids is 3. The van der Waals surface area contributed by atoms with Crippen LogP contribution in [0, 0.1) is 0 Å². The molecule has 0 saturated carbocycles. The number of benzene rings is 2. The highest BCUT2D eigenvalue weighted by Gasteiger charge is 2.13. The summed E-state index contributed by atoms with van der Waals surface area (Å²) in [5.74, 6) is -0.288. The Bertz CT molecular complexity index is 813. The molecule has 0 aromatic heterocycles. The van der Waals surface area contributed by atoms with Gasteiger partial charge in [-0.25, -0.2) is 4.79 Å². The van der Waals surface area contributed by atoms with Gasteiger partial charge in [0.1, 0.15) is 0 Å². The predicted octanol–water partition coefficient (Wildman–Crippen LogP) is 2.70. The van der Waals surface area contributed by atoms with Crippen molar-refractivity contribution in [1.82, 2.24) is 0 Å². The molecular weight excluding hydrogens is 338 g/mol. The molecule has 0 fully saturated rings. The molecule has 0 heterocycles. The molecule has 0 bridgehead atoms. The largest absolute Gasteiger partial charge is 0.493 e. The van der Waals surface area contributed by atoms with E-state index in [1.807, 2.05) is 0 Å². The van der Waals surface area contributed by atoms with Gasteiger partial charge < -0.3 is 19.5 Å². The van der Waals surface area contributed by atoms with Crippen molar-refractivity contribution in [2.45, 2.75) is 6.92 Å². The van der Waals surface area contributed by atoms with Gasteiger partial charge in [0.05, 0.1) is 19.8 Å². The van der Waals surface area contributed by atoms with E-state index < -0.39 is 5.97 Å². The Morgan fingerprint density at radius 3 is 2.15 bits per heavy atom. The molecule has 0 atom stereocenters. The van der Waals surface area contributed by atoms with Gasteiger partial charge in [-0.05, 0) is 49.4 Å². The zero-order valence-corrected chi connectivity index (χ0v) is 14.7. The molecule has 0 saturated heterocycles. The lowest BCUT2D eigenvalue weighted by Gasteiger charge is -2.12. The van der Waals surface area contributed by atoms with E-state index in [0.29, 0.717) is 28.3 Å². The smallest absolute Gasteiger partial charge is 0.337 e. The zero-order valence-electron chi connectivity index (χ0n) is 14.7. The summed E-state index contributed by atoms with van der Waals surface area (Å²) in [6, 6.07) is 11.1. The molecule has 7 nitrogen and oxygen atoms in total. The van der Waals surface area contributed by atoms with Gasteiger partial charge in [-0.15, -0.1) is 0 Å². The second kappa shape index (κ2) is 8.66. The second-order valence-electron chi connectivity index (χ2n) is 5.33. The van der Waals surface area contributed by atoms with Gasteiger partial charge in [0.2, 0.25) is 0 Å². The summed E-state index contributed by atoms with van der Waals surface area (Å²) in [5, 5.41) is 2.66. The molecule has 7 heteroatoms. The molecule has 0 unspecified atom stereocenters. The van der Waals surface area contributed by atoms with Gasteiger partial charge in [0.25, 0.3) is 5.91 Å². The fourth-order valence-corrected chi connectivity index (χ4v) is 2.16. The highest BCUT2D eigenvalue weighted by Crippen LogP contribution is 2.28. The van der Waals surface area contributed by atoms with Gasteiger partial charge in [0.15, 0.2) is 23.9 Å². The molecule has 1 N–H and O–H groups in total. The first-order chi connectivity index (χ1) is 12.4. The number of ether oxygens (including phenoxy) is 3. The standard InChI is InChI=1S/C19H19NO6/c1-12(21)13-4-7-15(8-5-13)20-18(22)11-26-16-9-6-14(19(23)25-3)10-17(16)24-2/h4-10H,11H2,1-3H3,(H,20,22). The molecule has 0 aliphatic heterocycles. The average molecular weight is 357 g/mol. The maximum Gasteiger partial charge on any atom is 0.337 e. The Balaban J connectivity index is 1.98. The van der Waals surface area contributed by atoms with Crippen molar-refractivity contribution in [3.63, 3.8) is 0 Å². The third kappa shape index (κ3) is 4.83. The Labute approximate surface area is 150 Å². The van der Waals surface area contributed by atoms with Crippen LogP contribution in [0.25, 0.3) is 0 Å². The summed E-state index contributed by atoms with van der Waals surface area (Å²) in [6.07, 6.45) is 0. The van der Waals surface area contributed by atoms with Crippen molar-refractivity contribution in [3.8, 4) is 11.5 Å². The molecule has 0 spiro atoms. The molecule has 0 aliphatic rings. The second-order valence-corrected chi connectivity index (χ2v) is 5.33. The molecule has 0 radical (unpaired) electrons. The van der Waals surface area contributed by atoms with Crippen LogP contribution in [0.4, 0.5) is 5.69 Å². The number of rotatable bonds is 7. The van der Waals surface area contributed by atoms with Gasteiger partial charge in [-0.1, -0.05) is 0 Å². The van der Waals surface area contributed by atoms with E-state index in [-0.39, 0.29) is 18.3 Å². The zero-order chi connectivity index (χ0) is 19.1. The third-order valence-electron chi connectivity index (χ3n) is 3.52. The number of ketones is 1. The maximum absolute atomic E-state index is 12.0. The highest BCUT2D eigenvalue weighted by molar-refractivity contribution is 5.96. The van der Waals surface area contributed by atoms with Crippen LogP contribution in [0.2, 0.25) is 0 Å². The van der Waals surface area contributed by atoms with Crippen molar-refractivity contribution in [2.24, 2.45) is 0 Å². The van der Waals surface area contributed by atoms with Crippen LogP contribution in [0.3, 0.4) is 0 Å². The van der Waals surface area contributed by atoms with Crippen molar-refractivity contribution in [2.75, 3.05) is 26.1 Å². The van der Waals surface area contributed by atoms with E-state index in [0.717, 1.165) is 0 Å². The lowest BCUT2D eigenvalue weighted by molar-refractivity contribution is -0.118. The number of hydrogen-bond donors (Lipinski definition) is 1. The van der Waals surface area contributed by atoms with Crippen LogP contribution in [0.5, 0.6) is 11.5 Å². The molecule has 2 aromatic carbocycles. The Kier molecular flexibility index (Phi) is 6.32. The quantitative estimate of drug-likeness (QED) is 0.605. The Morgan fingerprint density at radius 2 is 1.58 bits per heavy atom. The summed E-state index contributed by atoms with van der Waals surface area (Å²) >= 11 is 0. The number of Topliss-reactive ketones (excluding diaryl/α,β-unsaturated/α-hetero) is 1. The van der Waals surface area contributed by atoms with E-state index in [1.165, 1.54) is 39.3 Å². The Morgan fingerprint density at radius 1 is 0.923 bits per heavy atom. The Hall–Kier alpha value is -3.35. The lowest BCUT2D eigenvalue weighted by Crippen LogP contribution is -2.20. The summed E-state index contributed by atoms with van der Waals surface area (Å²) in [6.45, 7) is 1.22. The van der Waals surface area contributed by atoms with E-state index in [4.69, 9.17) is 9.47 Å². The predicted molar refractivity (Wildman–Crippen MR) is 94.9 cm³/mol. The third-order valence-corrected chi connectivity index (χ3v) is 3.52. The monoisotopic (exact) mass is 357 g/mol. The topological polar surface area (TPSA) is 90.9 Å². The van der Waals surface area contributed by atoms with Crippen LogP contribution in [-0.4, -0.2) is 38.5 Å². The molecular formula is C19H19NO6. The highest BCUT2D eigenvalue weighted by atomic mass is 16.5. The van der Waals surface area contributed by atoms with Gasteiger partial charge in [0, 0.05) is 11.3 Å². The van der Waals surface area contributed by atoms with Crippen LogP contribution < -0.4 is 14.8 Å². The molecule has 2 aromatic rings. The van der Waals surface area contributed by atoms with Crippen LogP contribution >= 0.6 is 0 Å². The first-order valence-corrected chi connectivity index (χ1v) is 7.74. The van der Waals surface area contributed by atoms with E-state index in [9.17, 15) is 14.4 Å². The van der Waals surface area contributed by atoms with Crippen molar-refractivity contribution >= 4 is 23.3 Å². The van der Waals surface area contributed by atoms with Crippen LogP contribution in [-0.2, 0) is 9.53 Å². The SMILES string of the molecule is COC(=O)c1ccc(OCC(=O)Nc2ccc(C(C)=O)cc2)c(OC)c1. The van der Waals surface area contributed by atoms with Gasteiger partial charge in [-0.3, -0.25) is 9.59 Å². The number of esters is 1. The van der Waals surface area contributed by atoms with Crippen molar-refractivity contribution in [1.29, 1.82) is 0 Å². The molecule has 0 aliphatic carbocycles. The number of nitrogens with one attached hydrogen (secondary N) is 1. The van der Waals surface area contributed by atoms with Crippen molar-refractivity contribution in [3.05, 3.63) is 53.6 Å². The first-order valence-electron chi connectivity index (χ1n) is 7.74. The molecule has 26 heavy (non-hydrogen) atoms. The first kappa shape index (κ1) is 19.0. The number of amides is 1. The fraction of sp³-hybridized carbons (Fsp3) is 0.211. The molecule has 136 valence electrons. The van der Waals surface area contributed by atoms with Gasteiger partial charge in [-0.2, -0.15) is 0 Å². The number of methoxy groups -OCH3 is 2. The minimum absolute atomic E-state index is 0.0475. The minimum Gasteiger partial charge on any atom is -0.493 e. The van der Waals surface area contributed by atoms with Crippen LogP contribution in [0.15, 0.2) is 42.5 Å². The summed E-state index contributed by atoms with van der Waals surface area (Å²) < 4.78 is 15.3. The lowest BCUT2D eigenvalue weighted by atomic mass is 10.1. The van der Waals surface area contributed by atoms with E-state index in [2.05, 4.69) is 10.1 Å². The minimum atomic E-state index is -0.499. The van der Waals surface area contributed by atoms with Crippen LogP contribution in [0.1, 0.15) is 27.6 Å². The number of hydrogen-bond acceptors (Lipinski definition) is 6. The summed E-state index contributed by atoms with van der Waals surface area (Å²) in [5.41, 5.74) is 1.43.